The van der Waals surface area contributed by atoms with E-state index in [4.69, 9.17) is 27.3 Å². The number of nitrogens with zero attached hydrogens (tertiary/aromatic N) is 1. The van der Waals surface area contributed by atoms with E-state index in [1.165, 1.54) is 0 Å². The second-order valence-electron chi connectivity index (χ2n) is 6.64. The van der Waals surface area contributed by atoms with Crippen molar-refractivity contribution in [1.29, 1.82) is 10.8 Å². The van der Waals surface area contributed by atoms with Crippen LogP contribution in [0.3, 0.4) is 0 Å². The molecular weight excluding hydrogens is 310 g/mol. The normalized spacial score (nSPS) is 15.0. The van der Waals surface area contributed by atoms with Gasteiger partial charge in [0.1, 0.15) is 11.7 Å². The molecule has 0 bridgehead atoms. The largest absolute Gasteiger partial charge is 0.384 e. The van der Waals surface area contributed by atoms with Crippen molar-refractivity contribution in [3.8, 4) is 0 Å². The molecule has 0 aliphatic carbocycles. The van der Waals surface area contributed by atoms with Crippen LogP contribution in [0.4, 0.5) is 5.69 Å². The Balaban J connectivity index is 1.88. The van der Waals surface area contributed by atoms with Crippen LogP contribution in [0.25, 0.3) is 6.08 Å². The molecule has 6 N–H and O–H groups in total. The highest BCUT2D eigenvalue weighted by molar-refractivity contribution is 6.11. The average molecular weight is 331 g/mol. The fraction of sp³-hybridized carbons (Fsp3) is 0.150. The van der Waals surface area contributed by atoms with Gasteiger partial charge >= 0.3 is 0 Å². The summed E-state index contributed by atoms with van der Waals surface area (Å²) >= 11 is 0. The predicted molar refractivity (Wildman–Crippen MR) is 104 cm³/mol. The molecular formula is C20H21N5. The SMILES string of the molecule is CC1(C)C(/C=C/c2ccc(C(=N)N)cc2)=Nc2ccc(C(=N)N)cc21. The van der Waals surface area contributed by atoms with Crippen molar-refractivity contribution >= 4 is 29.1 Å². The van der Waals surface area contributed by atoms with Crippen molar-refractivity contribution in [2.24, 2.45) is 16.5 Å². The molecule has 0 saturated heterocycles. The van der Waals surface area contributed by atoms with E-state index in [2.05, 4.69) is 13.8 Å². The minimum Gasteiger partial charge on any atom is -0.384 e. The summed E-state index contributed by atoms with van der Waals surface area (Å²) in [5, 5.41) is 15.1. The summed E-state index contributed by atoms with van der Waals surface area (Å²) in [6, 6.07) is 13.2. The van der Waals surface area contributed by atoms with E-state index >= 15 is 0 Å². The van der Waals surface area contributed by atoms with Crippen molar-refractivity contribution in [2.45, 2.75) is 19.3 Å². The number of rotatable bonds is 4. The van der Waals surface area contributed by atoms with Gasteiger partial charge in [-0.3, -0.25) is 15.8 Å². The Morgan fingerprint density at radius 1 is 0.920 bits per heavy atom. The first kappa shape index (κ1) is 16.6. The molecule has 5 nitrogen and oxygen atoms in total. The summed E-state index contributed by atoms with van der Waals surface area (Å²) in [6.45, 7) is 4.23. The minimum absolute atomic E-state index is 0.0631. The number of nitrogens with two attached hydrogens (primary N) is 2. The van der Waals surface area contributed by atoms with Crippen LogP contribution in [-0.2, 0) is 5.41 Å². The Morgan fingerprint density at radius 2 is 1.52 bits per heavy atom. The second kappa shape index (κ2) is 6.02. The molecule has 1 heterocycles. The molecule has 0 unspecified atom stereocenters. The third-order valence-electron chi connectivity index (χ3n) is 4.52. The highest BCUT2D eigenvalue weighted by Crippen LogP contribution is 2.40. The highest BCUT2D eigenvalue weighted by Gasteiger charge is 2.33. The molecule has 25 heavy (non-hydrogen) atoms. The van der Waals surface area contributed by atoms with Crippen LogP contribution >= 0.6 is 0 Å². The second-order valence-corrected chi connectivity index (χ2v) is 6.64. The molecule has 0 atom stereocenters. The molecule has 1 aliphatic rings. The molecule has 2 aromatic carbocycles. The number of allylic oxidation sites excluding steroid dienone is 1. The summed E-state index contributed by atoms with van der Waals surface area (Å²) in [4.78, 5) is 4.73. The van der Waals surface area contributed by atoms with Gasteiger partial charge in [0.05, 0.1) is 11.4 Å². The van der Waals surface area contributed by atoms with Crippen LogP contribution in [0.1, 0.15) is 36.1 Å². The van der Waals surface area contributed by atoms with Crippen LogP contribution < -0.4 is 11.5 Å². The van der Waals surface area contributed by atoms with Crippen molar-refractivity contribution in [3.05, 3.63) is 70.8 Å². The Kier molecular flexibility index (Phi) is 4.00. The first-order chi connectivity index (χ1) is 11.8. The van der Waals surface area contributed by atoms with Crippen molar-refractivity contribution in [1.82, 2.24) is 0 Å². The van der Waals surface area contributed by atoms with Gasteiger partial charge in [-0.05, 0) is 35.4 Å². The zero-order valence-corrected chi connectivity index (χ0v) is 14.3. The smallest absolute Gasteiger partial charge is 0.122 e. The molecule has 0 spiro atoms. The number of aliphatic imine (C=N–C) groups is 1. The Labute approximate surface area is 147 Å². The molecule has 0 aromatic heterocycles. The predicted octanol–water partition coefficient (Wildman–Crippen LogP) is 3.33. The van der Waals surface area contributed by atoms with Crippen LogP contribution in [0, 0.1) is 10.8 Å². The maximum Gasteiger partial charge on any atom is 0.122 e. The number of benzene rings is 2. The van der Waals surface area contributed by atoms with E-state index in [0.717, 1.165) is 22.5 Å². The fourth-order valence-electron chi connectivity index (χ4n) is 2.90. The number of hydrogen-bond donors (Lipinski definition) is 4. The summed E-state index contributed by atoms with van der Waals surface area (Å²) in [7, 11) is 0. The molecule has 126 valence electrons. The van der Waals surface area contributed by atoms with Gasteiger partial charge in [0, 0.05) is 16.5 Å². The quantitative estimate of drug-likeness (QED) is 0.509. The number of fused-ring (bicyclic) bond motifs is 1. The van der Waals surface area contributed by atoms with Gasteiger partial charge < -0.3 is 11.5 Å². The number of hydrogen-bond acceptors (Lipinski definition) is 3. The van der Waals surface area contributed by atoms with E-state index in [-0.39, 0.29) is 17.1 Å². The van der Waals surface area contributed by atoms with Gasteiger partial charge in [-0.15, -0.1) is 0 Å². The minimum atomic E-state index is -0.253. The standard InChI is InChI=1S/C20H21N5/c1-20(2)15-11-14(19(23)24)8-9-16(15)25-17(20)10-5-12-3-6-13(7-4-12)18(21)22/h3-11H,1-2H3,(H3,21,22)(H3,23,24)/b10-5+. The summed E-state index contributed by atoms with van der Waals surface area (Å²) < 4.78 is 0. The van der Waals surface area contributed by atoms with Gasteiger partial charge in [0.25, 0.3) is 0 Å². The van der Waals surface area contributed by atoms with Gasteiger partial charge in [0.2, 0.25) is 0 Å². The third-order valence-corrected chi connectivity index (χ3v) is 4.52. The van der Waals surface area contributed by atoms with Crippen LogP contribution in [-0.4, -0.2) is 17.4 Å². The van der Waals surface area contributed by atoms with E-state index in [1.54, 1.807) is 0 Å². The Hall–Kier alpha value is -3.21. The van der Waals surface area contributed by atoms with Crippen molar-refractivity contribution < 1.29 is 0 Å². The molecule has 0 radical (unpaired) electrons. The van der Waals surface area contributed by atoms with Gasteiger partial charge in [-0.1, -0.05) is 44.2 Å². The summed E-state index contributed by atoms with van der Waals surface area (Å²) in [6.07, 6.45) is 4.01. The lowest BCUT2D eigenvalue weighted by molar-refractivity contribution is 0.740. The van der Waals surface area contributed by atoms with Crippen LogP contribution in [0.15, 0.2) is 53.5 Å². The molecule has 2 aromatic rings. The van der Waals surface area contributed by atoms with Crippen LogP contribution in [0.2, 0.25) is 0 Å². The van der Waals surface area contributed by atoms with Gasteiger partial charge in [-0.25, -0.2) is 0 Å². The number of nitrogen functional groups attached to an aromatic ring is 2. The zero-order chi connectivity index (χ0) is 18.2. The van der Waals surface area contributed by atoms with Gasteiger partial charge in [0.15, 0.2) is 0 Å². The maximum atomic E-state index is 7.62. The molecule has 5 heteroatoms. The Morgan fingerprint density at radius 3 is 2.12 bits per heavy atom. The summed E-state index contributed by atoms with van der Waals surface area (Å²) in [5.41, 5.74) is 16.2. The molecule has 3 rings (SSSR count). The lowest BCUT2D eigenvalue weighted by Crippen LogP contribution is -2.24. The molecule has 1 aliphatic heterocycles. The fourth-order valence-corrected chi connectivity index (χ4v) is 2.90. The monoisotopic (exact) mass is 331 g/mol. The lowest BCUT2D eigenvalue weighted by atomic mass is 9.80. The number of amidine groups is 2. The third kappa shape index (κ3) is 3.08. The molecule has 0 saturated carbocycles. The first-order valence-corrected chi connectivity index (χ1v) is 7.99. The molecule has 0 amide bonds. The maximum absolute atomic E-state index is 7.62. The Bertz CT molecular complexity index is 918. The topological polar surface area (TPSA) is 112 Å². The highest BCUT2D eigenvalue weighted by atomic mass is 14.8. The first-order valence-electron chi connectivity index (χ1n) is 7.99. The van der Waals surface area contributed by atoms with E-state index in [1.807, 2.05) is 54.6 Å². The molecule has 0 fully saturated rings. The van der Waals surface area contributed by atoms with E-state index < -0.39 is 0 Å². The number of nitrogens with one attached hydrogen (secondary N) is 2. The zero-order valence-electron chi connectivity index (χ0n) is 14.3. The van der Waals surface area contributed by atoms with Crippen molar-refractivity contribution in [3.63, 3.8) is 0 Å². The average Bonchev–Trinajstić information content (AvgIpc) is 2.83. The van der Waals surface area contributed by atoms with Gasteiger partial charge in [-0.2, -0.15) is 0 Å². The summed E-state index contributed by atoms with van der Waals surface area (Å²) in [5.74, 6) is 0.127. The lowest BCUT2D eigenvalue weighted by Gasteiger charge is -2.21. The van der Waals surface area contributed by atoms with E-state index in [9.17, 15) is 0 Å². The van der Waals surface area contributed by atoms with E-state index in [0.29, 0.717) is 11.1 Å². The van der Waals surface area contributed by atoms with Crippen molar-refractivity contribution in [2.75, 3.05) is 0 Å². The van der Waals surface area contributed by atoms with Crippen LogP contribution in [0.5, 0.6) is 0 Å².